The van der Waals surface area contributed by atoms with E-state index in [1.54, 1.807) is 12.4 Å². The van der Waals surface area contributed by atoms with Crippen LogP contribution in [0.15, 0.2) is 24.5 Å². The first-order valence-electron chi connectivity index (χ1n) is 7.96. The number of nitrogens with zero attached hydrogens (tertiary/aromatic N) is 6. The zero-order valence-electron chi connectivity index (χ0n) is 14.5. The third-order valence-corrected chi connectivity index (χ3v) is 4.34. The van der Waals surface area contributed by atoms with Crippen LogP contribution < -0.4 is 9.80 Å². The number of aryl methyl sites for hydroxylation is 1. The van der Waals surface area contributed by atoms with Crippen LogP contribution in [0.4, 0.5) is 11.6 Å². The summed E-state index contributed by atoms with van der Waals surface area (Å²) in [5.74, 6) is 1.89. The van der Waals surface area contributed by atoms with Gasteiger partial charge in [0.15, 0.2) is 5.82 Å². The minimum atomic E-state index is 0.0345. The van der Waals surface area contributed by atoms with Crippen molar-refractivity contribution in [3.8, 4) is 0 Å². The number of rotatable bonds is 3. The Morgan fingerprint density at radius 1 is 1.09 bits per heavy atom. The van der Waals surface area contributed by atoms with E-state index in [1.807, 2.05) is 6.92 Å². The van der Waals surface area contributed by atoms with E-state index in [0.29, 0.717) is 6.04 Å². The number of hydrogen-bond acceptors (Lipinski definition) is 6. The van der Waals surface area contributed by atoms with E-state index in [9.17, 15) is 0 Å². The molecule has 0 bridgehead atoms. The first-order valence-corrected chi connectivity index (χ1v) is 7.96. The fourth-order valence-electron chi connectivity index (χ4n) is 2.70. The zero-order valence-corrected chi connectivity index (χ0v) is 14.5. The van der Waals surface area contributed by atoms with Gasteiger partial charge in [-0.25, -0.2) is 4.98 Å². The van der Waals surface area contributed by atoms with Gasteiger partial charge in [-0.1, -0.05) is 20.8 Å². The summed E-state index contributed by atoms with van der Waals surface area (Å²) >= 11 is 0. The van der Waals surface area contributed by atoms with E-state index in [4.69, 9.17) is 0 Å². The summed E-state index contributed by atoms with van der Waals surface area (Å²) in [5.41, 5.74) is 2.01. The molecule has 2 aromatic heterocycles. The second-order valence-electron chi connectivity index (χ2n) is 7.16. The largest absolute Gasteiger partial charge is 0.352 e. The van der Waals surface area contributed by atoms with Crippen LogP contribution in [0.1, 0.15) is 32.2 Å². The molecule has 122 valence electrons. The van der Waals surface area contributed by atoms with Crippen molar-refractivity contribution in [2.45, 2.75) is 39.2 Å². The van der Waals surface area contributed by atoms with Gasteiger partial charge in [-0.3, -0.25) is 4.98 Å². The maximum atomic E-state index is 4.43. The molecule has 0 atom stereocenters. The number of anilines is 2. The minimum Gasteiger partial charge on any atom is -0.352 e. The molecule has 3 heterocycles. The fourth-order valence-corrected chi connectivity index (χ4v) is 2.70. The molecular weight excluding hydrogens is 288 g/mol. The molecular formula is C17H24N6. The van der Waals surface area contributed by atoms with Gasteiger partial charge in [0.1, 0.15) is 5.82 Å². The molecule has 0 amide bonds. The van der Waals surface area contributed by atoms with E-state index in [1.165, 1.54) is 0 Å². The maximum Gasteiger partial charge on any atom is 0.151 e. The van der Waals surface area contributed by atoms with Crippen molar-refractivity contribution in [2.75, 3.05) is 29.9 Å². The number of likely N-dealkylation sites (N-methyl/N-ethyl adjacent to an activating group) is 1. The maximum absolute atomic E-state index is 4.43. The third-order valence-electron chi connectivity index (χ3n) is 4.34. The molecule has 0 N–H and O–H groups in total. The Bertz CT molecular complexity index is 670. The second-order valence-corrected chi connectivity index (χ2v) is 7.16. The Hall–Kier alpha value is -2.24. The van der Waals surface area contributed by atoms with Crippen molar-refractivity contribution >= 4 is 11.6 Å². The van der Waals surface area contributed by atoms with Crippen LogP contribution in [-0.4, -0.2) is 46.3 Å². The van der Waals surface area contributed by atoms with Crippen LogP contribution in [0.2, 0.25) is 0 Å². The van der Waals surface area contributed by atoms with Gasteiger partial charge < -0.3 is 9.80 Å². The summed E-state index contributed by atoms with van der Waals surface area (Å²) in [6, 6.07) is 4.57. The van der Waals surface area contributed by atoms with E-state index in [-0.39, 0.29) is 5.41 Å². The van der Waals surface area contributed by atoms with Crippen molar-refractivity contribution in [1.82, 2.24) is 20.2 Å². The minimum absolute atomic E-state index is 0.0345. The molecule has 0 spiro atoms. The monoisotopic (exact) mass is 312 g/mol. The highest BCUT2D eigenvalue weighted by atomic mass is 15.4. The highest BCUT2D eigenvalue weighted by Gasteiger charge is 2.32. The average molecular weight is 312 g/mol. The number of hydrogen-bond donors (Lipinski definition) is 0. The smallest absolute Gasteiger partial charge is 0.151 e. The first-order chi connectivity index (χ1) is 10.9. The van der Waals surface area contributed by atoms with Gasteiger partial charge in [-0.15, -0.1) is 5.10 Å². The molecule has 0 aromatic carbocycles. The Kier molecular flexibility index (Phi) is 3.92. The van der Waals surface area contributed by atoms with Gasteiger partial charge >= 0.3 is 0 Å². The molecule has 2 aromatic rings. The summed E-state index contributed by atoms with van der Waals surface area (Å²) in [5, 5.41) is 8.75. The Morgan fingerprint density at radius 2 is 1.78 bits per heavy atom. The van der Waals surface area contributed by atoms with Gasteiger partial charge in [0.25, 0.3) is 0 Å². The molecule has 0 radical (unpaired) electrons. The molecule has 0 saturated carbocycles. The lowest BCUT2D eigenvalue weighted by Crippen LogP contribution is -2.59. The van der Waals surface area contributed by atoms with Crippen LogP contribution in [0, 0.1) is 6.92 Å². The molecule has 1 aliphatic rings. The quantitative estimate of drug-likeness (QED) is 0.866. The molecule has 0 unspecified atom stereocenters. The molecule has 1 fully saturated rings. The summed E-state index contributed by atoms with van der Waals surface area (Å²) in [4.78, 5) is 13.2. The van der Waals surface area contributed by atoms with Crippen LogP contribution >= 0.6 is 0 Å². The Morgan fingerprint density at radius 3 is 2.35 bits per heavy atom. The Balaban J connectivity index is 1.64. The average Bonchev–Trinajstić information content (AvgIpc) is 2.45. The summed E-state index contributed by atoms with van der Waals surface area (Å²) in [7, 11) is 2.08. The zero-order chi connectivity index (χ0) is 16.6. The predicted molar refractivity (Wildman–Crippen MR) is 91.9 cm³/mol. The lowest BCUT2D eigenvalue weighted by atomic mass is 9.92. The lowest BCUT2D eigenvalue weighted by Gasteiger charge is -2.45. The van der Waals surface area contributed by atoms with E-state index >= 15 is 0 Å². The van der Waals surface area contributed by atoms with Gasteiger partial charge in [-0.2, -0.15) is 5.10 Å². The van der Waals surface area contributed by atoms with Gasteiger partial charge in [0.2, 0.25) is 0 Å². The van der Waals surface area contributed by atoms with Crippen molar-refractivity contribution in [1.29, 1.82) is 0 Å². The second kappa shape index (κ2) is 5.76. The topological polar surface area (TPSA) is 58.0 Å². The molecule has 3 rings (SSSR count). The van der Waals surface area contributed by atoms with Crippen molar-refractivity contribution in [3.63, 3.8) is 0 Å². The van der Waals surface area contributed by atoms with Crippen LogP contribution in [-0.2, 0) is 5.41 Å². The van der Waals surface area contributed by atoms with Crippen molar-refractivity contribution in [3.05, 3.63) is 35.9 Å². The standard InChI is InChI=1S/C17H24N6/c1-12-16(19-9-8-18-12)22(5)13-10-23(11-13)15-7-6-14(20-21-15)17(2,3)4/h6-9,13H,10-11H2,1-5H3. The number of aromatic nitrogens is 4. The normalized spacial score (nSPS) is 15.4. The lowest BCUT2D eigenvalue weighted by molar-refractivity contribution is 0.484. The van der Waals surface area contributed by atoms with Gasteiger partial charge in [0, 0.05) is 37.9 Å². The molecule has 6 heteroatoms. The molecule has 0 aliphatic carbocycles. The van der Waals surface area contributed by atoms with E-state index in [2.05, 4.69) is 69.9 Å². The highest BCUT2D eigenvalue weighted by Crippen LogP contribution is 2.26. The molecule has 1 aliphatic heterocycles. The van der Waals surface area contributed by atoms with E-state index < -0.39 is 0 Å². The fraction of sp³-hybridized carbons (Fsp3) is 0.529. The van der Waals surface area contributed by atoms with E-state index in [0.717, 1.165) is 36.1 Å². The van der Waals surface area contributed by atoms with Crippen LogP contribution in [0.5, 0.6) is 0 Å². The van der Waals surface area contributed by atoms with Gasteiger partial charge in [0.05, 0.1) is 17.4 Å². The predicted octanol–water partition coefficient (Wildman–Crippen LogP) is 2.20. The summed E-state index contributed by atoms with van der Waals surface area (Å²) < 4.78 is 0. The third kappa shape index (κ3) is 3.11. The highest BCUT2D eigenvalue weighted by molar-refractivity contribution is 5.49. The molecule has 1 saturated heterocycles. The summed E-state index contributed by atoms with van der Waals surface area (Å²) in [6.07, 6.45) is 3.47. The first kappa shape index (κ1) is 15.6. The Labute approximate surface area is 137 Å². The van der Waals surface area contributed by atoms with Crippen molar-refractivity contribution in [2.24, 2.45) is 0 Å². The van der Waals surface area contributed by atoms with Gasteiger partial charge in [-0.05, 0) is 19.1 Å². The van der Waals surface area contributed by atoms with Crippen LogP contribution in [0.3, 0.4) is 0 Å². The SMILES string of the molecule is Cc1nccnc1N(C)C1CN(c2ccc(C(C)(C)C)nn2)C1. The molecule has 6 nitrogen and oxygen atoms in total. The molecule has 23 heavy (non-hydrogen) atoms. The van der Waals surface area contributed by atoms with Crippen molar-refractivity contribution < 1.29 is 0 Å². The summed E-state index contributed by atoms with van der Waals surface area (Å²) in [6.45, 7) is 10.3. The van der Waals surface area contributed by atoms with Crippen LogP contribution in [0.25, 0.3) is 0 Å².